The average Bonchev–Trinajstić information content (AvgIpc) is 2.55. The summed E-state index contributed by atoms with van der Waals surface area (Å²) in [5.41, 5.74) is 5.46. The molecular weight excluding hydrogens is 303 g/mol. The number of likely N-dealkylation sites (tertiary alicyclic amines) is 1. The Balaban J connectivity index is 1.75. The first-order valence-electron chi connectivity index (χ1n) is 7.43. The van der Waals surface area contributed by atoms with E-state index in [4.69, 9.17) is 10.5 Å². The van der Waals surface area contributed by atoms with Gasteiger partial charge in [0.15, 0.2) is 6.61 Å². The summed E-state index contributed by atoms with van der Waals surface area (Å²) in [5.74, 6) is -2.02. The van der Waals surface area contributed by atoms with Gasteiger partial charge in [-0.25, -0.2) is 4.39 Å². The average molecular weight is 322 g/mol. The third-order valence-corrected chi connectivity index (χ3v) is 3.90. The van der Waals surface area contributed by atoms with Crippen LogP contribution >= 0.6 is 0 Å². The number of nitrogens with zero attached hydrogens (tertiary/aromatic N) is 1. The molecule has 1 aromatic rings. The Morgan fingerprint density at radius 1 is 1.22 bits per heavy atom. The summed E-state index contributed by atoms with van der Waals surface area (Å²) in [7, 11) is 0. The van der Waals surface area contributed by atoms with Crippen LogP contribution in [0.25, 0.3) is 0 Å². The Hall–Kier alpha value is -2.44. The second-order valence-corrected chi connectivity index (χ2v) is 5.49. The minimum Gasteiger partial charge on any atom is -0.455 e. The van der Waals surface area contributed by atoms with E-state index in [9.17, 15) is 18.8 Å². The number of hydrogen-bond donors (Lipinski definition) is 1. The van der Waals surface area contributed by atoms with Crippen molar-refractivity contribution in [3.63, 3.8) is 0 Å². The summed E-state index contributed by atoms with van der Waals surface area (Å²) in [6.07, 6.45) is 0.818. The van der Waals surface area contributed by atoms with Crippen molar-refractivity contribution in [3.8, 4) is 0 Å². The van der Waals surface area contributed by atoms with E-state index in [0.29, 0.717) is 25.9 Å². The van der Waals surface area contributed by atoms with Gasteiger partial charge in [0.1, 0.15) is 5.82 Å². The first-order chi connectivity index (χ1) is 11.0. The number of esters is 1. The molecule has 0 atom stereocenters. The van der Waals surface area contributed by atoms with E-state index in [1.807, 2.05) is 0 Å². The molecular formula is C16H19FN2O4. The van der Waals surface area contributed by atoms with Gasteiger partial charge in [0.05, 0.1) is 6.42 Å². The molecule has 23 heavy (non-hydrogen) atoms. The van der Waals surface area contributed by atoms with E-state index in [-0.39, 0.29) is 36.3 Å². The molecule has 0 spiro atoms. The molecule has 6 nitrogen and oxygen atoms in total. The maximum absolute atomic E-state index is 13.4. The molecule has 0 radical (unpaired) electrons. The van der Waals surface area contributed by atoms with Gasteiger partial charge in [-0.05, 0) is 24.5 Å². The Morgan fingerprint density at radius 2 is 1.87 bits per heavy atom. The number of benzene rings is 1. The van der Waals surface area contributed by atoms with Crippen LogP contribution in [0.15, 0.2) is 24.3 Å². The van der Waals surface area contributed by atoms with Gasteiger partial charge in [0.25, 0.3) is 5.91 Å². The van der Waals surface area contributed by atoms with E-state index < -0.39 is 11.8 Å². The van der Waals surface area contributed by atoms with E-state index in [2.05, 4.69) is 0 Å². The van der Waals surface area contributed by atoms with Crippen molar-refractivity contribution in [3.05, 3.63) is 35.6 Å². The summed E-state index contributed by atoms with van der Waals surface area (Å²) >= 11 is 0. The normalized spacial score (nSPS) is 15.3. The highest BCUT2D eigenvalue weighted by Crippen LogP contribution is 2.16. The van der Waals surface area contributed by atoms with Crippen LogP contribution in [-0.2, 0) is 25.5 Å². The fourth-order valence-corrected chi connectivity index (χ4v) is 2.50. The number of hydrogen-bond acceptors (Lipinski definition) is 4. The molecule has 124 valence electrons. The molecule has 0 bridgehead atoms. The number of rotatable bonds is 5. The number of ether oxygens (including phenoxy) is 1. The monoisotopic (exact) mass is 322 g/mol. The van der Waals surface area contributed by atoms with Crippen molar-refractivity contribution in [2.24, 2.45) is 11.7 Å². The van der Waals surface area contributed by atoms with E-state index in [0.717, 1.165) is 0 Å². The summed E-state index contributed by atoms with van der Waals surface area (Å²) in [5, 5.41) is 0. The predicted octanol–water partition coefficient (Wildman–Crippen LogP) is 0.635. The number of halogens is 1. The second kappa shape index (κ2) is 7.71. The lowest BCUT2D eigenvalue weighted by atomic mass is 9.96. The fourth-order valence-electron chi connectivity index (χ4n) is 2.50. The highest BCUT2D eigenvalue weighted by Gasteiger charge is 2.26. The molecule has 0 unspecified atom stereocenters. The van der Waals surface area contributed by atoms with Crippen LogP contribution in [0.2, 0.25) is 0 Å². The lowest BCUT2D eigenvalue weighted by Crippen LogP contribution is -2.43. The minimum atomic E-state index is -0.657. The third kappa shape index (κ3) is 4.77. The maximum Gasteiger partial charge on any atom is 0.310 e. The lowest BCUT2D eigenvalue weighted by Gasteiger charge is -2.30. The number of primary amides is 1. The van der Waals surface area contributed by atoms with Gasteiger partial charge >= 0.3 is 5.97 Å². The number of nitrogens with two attached hydrogens (primary N) is 1. The van der Waals surface area contributed by atoms with Crippen LogP contribution in [0.1, 0.15) is 18.4 Å². The molecule has 2 N–H and O–H groups in total. The summed E-state index contributed by atoms with van der Waals surface area (Å²) in [6.45, 7) is 0.448. The molecule has 7 heteroatoms. The molecule has 0 aliphatic carbocycles. The van der Waals surface area contributed by atoms with Gasteiger partial charge in [0, 0.05) is 19.0 Å². The summed E-state index contributed by atoms with van der Waals surface area (Å²) < 4.78 is 18.3. The number of amides is 2. The third-order valence-electron chi connectivity index (χ3n) is 3.90. The SMILES string of the molecule is NC(=O)C1CCN(C(=O)COC(=O)Cc2ccccc2F)CC1. The number of carbonyl (C=O) groups excluding carboxylic acids is 3. The molecule has 1 saturated heterocycles. The summed E-state index contributed by atoms with van der Waals surface area (Å²) in [6, 6.07) is 5.91. The second-order valence-electron chi connectivity index (χ2n) is 5.49. The van der Waals surface area contributed by atoms with Gasteiger partial charge in [-0.1, -0.05) is 18.2 Å². The van der Waals surface area contributed by atoms with E-state index >= 15 is 0 Å². The van der Waals surface area contributed by atoms with Crippen LogP contribution in [0.3, 0.4) is 0 Å². The fraction of sp³-hybridized carbons (Fsp3) is 0.438. The van der Waals surface area contributed by atoms with Crippen molar-refractivity contribution in [1.29, 1.82) is 0 Å². The van der Waals surface area contributed by atoms with Crippen molar-refractivity contribution >= 4 is 17.8 Å². The molecule has 2 rings (SSSR count). The topological polar surface area (TPSA) is 89.7 Å². The zero-order valence-corrected chi connectivity index (χ0v) is 12.7. The Labute approximate surface area is 133 Å². The first-order valence-corrected chi connectivity index (χ1v) is 7.43. The molecule has 1 aliphatic heterocycles. The summed E-state index contributed by atoms with van der Waals surface area (Å²) in [4.78, 5) is 36.2. The minimum absolute atomic E-state index is 0.206. The van der Waals surface area contributed by atoms with Crippen LogP contribution < -0.4 is 5.73 Å². The number of piperidine rings is 1. The quantitative estimate of drug-likeness (QED) is 0.805. The Kier molecular flexibility index (Phi) is 5.67. The van der Waals surface area contributed by atoms with Crippen LogP contribution in [0.5, 0.6) is 0 Å². The molecule has 0 aromatic heterocycles. The predicted molar refractivity (Wildman–Crippen MR) is 79.6 cm³/mol. The highest BCUT2D eigenvalue weighted by atomic mass is 19.1. The Morgan fingerprint density at radius 3 is 2.48 bits per heavy atom. The van der Waals surface area contributed by atoms with Gasteiger partial charge in [-0.15, -0.1) is 0 Å². The first kappa shape index (κ1) is 16.9. The largest absolute Gasteiger partial charge is 0.455 e. The smallest absolute Gasteiger partial charge is 0.310 e. The zero-order valence-electron chi connectivity index (χ0n) is 12.7. The van der Waals surface area contributed by atoms with Crippen LogP contribution in [0, 0.1) is 11.7 Å². The highest BCUT2D eigenvalue weighted by molar-refractivity contribution is 5.82. The lowest BCUT2D eigenvalue weighted by molar-refractivity contribution is -0.152. The Bertz CT molecular complexity index is 597. The van der Waals surface area contributed by atoms with Crippen molar-refractivity contribution in [1.82, 2.24) is 4.90 Å². The van der Waals surface area contributed by atoms with E-state index in [1.165, 1.54) is 23.1 Å². The van der Waals surface area contributed by atoms with Crippen molar-refractivity contribution in [2.75, 3.05) is 19.7 Å². The molecule has 1 fully saturated rings. The van der Waals surface area contributed by atoms with Gasteiger partial charge < -0.3 is 15.4 Å². The van der Waals surface area contributed by atoms with Gasteiger partial charge in [-0.2, -0.15) is 0 Å². The maximum atomic E-state index is 13.4. The van der Waals surface area contributed by atoms with Crippen molar-refractivity contribution in [2.45, 2.75) is 19.3 Å². The molecule has 0 saturated carbocycles. The van der Waals surface area contributed by atoms with Crippen LogP contribution in [0.4, 0.5) is 4.39 Å². The zero-order chi connectivity index (χ0) is 16.8. The molecule has 1 heterocycles. The van der Waals surface area contributed by atoms with Gasteiger partial charge in [-0.3, -0.25) is 14.4 Å². The van der Waals surface area contributed by atoms with Gasteiger partial charge in [0.2, 0.25) is 5.91 Å². The van der Waals surface area contributed by atoms with E-state index in [1.54, 1.807) is 6.07 Å². The molecule has 1 aliphatic rings. The van der Waals surface area contributed by atoms with Crippen molar-refractivity contribution < 1.29 is 23.5 Å². The molecule has 2 amide bonds. The number of carbonyl (C=O) groups is 3. The standard InChI is InChI=1S/C16H19FN2O4/c17-13-4-2-1-3-12(13)9-15(21)23-10-14(20)19-7-5-11(6-8-19)16(18)22/h1-4,11H,5-10H2,(H2,18,22). The van der Waals surface area contributed by atoms with Crippen LogP contribution in [-0.4, -0.2) is 42.4 Å². The molecule has 1 aromatic carbocycles.